The van der Waals surface area contributed by atoms with E-state index in [2.05, 4.69) is 15.0 Å². The van der Waals surface area contributed by atoms with Crippen LogP contribution in [0.15, 0.2) is 20.7 Å². The van der Waals surface area contributed by atoms with Crippen molar-refractivity contribution in [1.82, 2.24) is 15.0 Å². The SMILES string of the molecule is Cc1nc(Sc2cc(C(F)(F)F)nc(Cl)n2)oc1C. The summed E-state index contributed by atoms with van der Waals surface area (Å²) in [6.07, 6.45) is -4.58. The molecule has 0 amide bonds. The number of nitrogens with zero attached hydrogens (tertiary/aromatic N) is 3. The van der Waals surface area contributed by atoms with Gasteiger partial charge in [-0.15, -0.1) is 0 Å². The lowest BCUT2D eigenvalue weighted by atomic mass is 10.4. The molecule has 0 N–H and O–H groups in total. The Kier molecular flexibility index (Phi) is 3.73. The van der Waals surface area contributed by atoms with Crippen LogP contribution in [0.2, 0.25) is 5.28 Å². The van der Waals surface area contributed by atoms with E-state index in [9.17, 15) is 13.2 Å². The van der Waals surface area contributed by atoms with Crippen molar-refractivity contribution in [3.05, 3.63) is 28.5 Å². The number of aromatic nitrogens is 3. The van der Waals surface area contributed by atoms with Gasteiger partial charge in [-0.1, -0.05) is 0 Å². The second kappa shape index (κ2) is 5.01. The maximum absolute atomic E-state index is 12.6. The molecule has 0 atom stereocenters. The van der Waals surface area contributed by atoms with Crippen molar-refractivity contribution in [2.24, 2.45) is 0 Å². The van der Waals surface area contributed by atoms with Crippen molar-refractivity contribution < 1.29 is 17.6 Å². The van der Waals surface area contributed by atoms with Gasteiger partial charge in [-0.25, -0.2) is 15.0 Å². The summed E-state index contributed by atoms with van der Waals surface area (Å²) in [5.41, 5.74) is -0.436. The maximum Gasteiger partial charge on any atom is 0.433 e. The van der Waals surface area contributed by atoms with Crippen LogP contribution in [0.1, 0.15) is 17.1 Å². The largest absolute Gasteiger partial charge is 0.436 e. The van der Waals surface area contributed by atoms with Gasteiger partial charge in [-0.3, -0.25) is 0 Å². The molecule has 2 rings (SSSR count). The van der Waals surface area contributed by atoms with Gasteiger partial charge in [0.1, 0.15) is 10.8 Å². The Bertz CT molecular complexity index is 595. The molecule has 0 unspecified atom stereocenters. The molecule has 102 valence electrons. The highest BCUT2D eigenvalue weighted by Crippen LogP contribution is 2.33. The van der Waals surface area contributed by atoms with Crippen molar-refractivity contribution in [3.63, 3.8) is 0 Å². The summed E-state index contributed by atoms with van der Waals surface area (Å²) in [4.78, 5) is 10.9. The molecule has 0 aliphatic heterocycles. The number of hydrogen-bond donors (Lipinski definition) is 0. The van der Waals surface area contributed by atoms with E-state index < -0.39 is 17.2 Å². The fourth-order valence-corrected chi connectivity index (χ4v) is 2.23. The average molecular weight is 310 g/mol. The molecule has 0 saturated heterocycles. The zero-order valence-corrected chi connectivity index (χ0v) is 11.3. The Balaban J connectivity index is 2.32. The summed E-state index contributed by atoms with van der Waals surface area (Å²) in [6.45, 7) is 3.44. The number of hydrogen-bond acceptors (Lipinski definition) is 5. The zero-order valence-electron chi connectivity index (χ0n) is 9.75. The smallest absolute Gasteiger partial charge is 0.433 e. The first kappa shape index (κ1) is 14.1. The van der Waals surface area contributed by atoms with Gasteiger partial charge in [0.05, 0.1) is 5.69 Å². The maximum atomic E-state index is 12.6. The van der Waals surface area contributed by atoms with Gasteiger partial charge < -0.3 is 4.42 Å². The lowest BCUT2D eigenvalue weighted by Crippen LogP contribution is -2.09. The highest BCUT2D eigenvalue weighted by molar-refractivity contribution is 7.99. The fourth-order valence-electron chi connectivity index (χ4n) is 1.17. The normalized spacial score (nSPS) is 11.9. The molecule has 9 heteroatoms. The molecule has 2 aromatic rings. The molecule has 4 nitrogen and oxygen atoms in total. The van der Waals surface area contributed by atoms with Crippen molar-refractivity contribution in [2.45, 2.75) is 30.3 Å². The first-order valence-corrected chi connectivity index (χ1v) is 6.19. The van der Waals surface area contributed by atoms with Gasteiger partial charge in [0.25, 0.3) is 5.22 Å². The number of rotatable bonds is 2. The van der Waals surface area contributed by atoms with Gasteiger partial charge in [0.15, 0.2) is 5.69 Å². The van der Waals surface area contributed by atoms with Crippen molar-refractivity contribution >= 4 is 23.4 Å². The van der Waals surface area contributed by atoms with Gasteiger partial charge in [0, 0.05) is 6.07 Å². The minimum atomic E-state index is -4.58. The van der Waals surface area contributed by atoms with Crippen LogP contribution >= 0.6 is 23.4 Å². The van der Waals surface area contributed by atoms with Crippen LogP contribution in [0.25, 0.3) is 0 Å². The summed E-state index contributed by atoms with van der Waals surface area (Å²) in [5, 5.41) is -0.246. The Hall–Kier alpha value is -1.28. The molecule has 0 radical (unpaired) electrons. The summed E-state index contributed by atoms with van der Waals surface area (Å²) < 4.78 is 42.9. The Morgan fingerprint density at radius 1 is 1.21 bits per heavy atom. The first-order chi connectivity index (χ1) is 8.75. The quantitative estimate of drug-likeness (QED) is 0.622. The Morgan fingerprint density at radius 3 is 2.42 bits per heavy atom. The van der Waals surface area contributed by atoms with Crippen LogP contribution in [-0.2, 0) is 6.18 Å². The minimum absolute atomic E-state index is 0.0218. The van der Waals surface area contributed by atoms with Crippen LogP contribution in [0, 0.1) is 13.8 Å². The third kappa shape index (κ3) is 3.38. The van der Waals surface area contributed by atoms with E-state index >= 15 is 0 Å². The molecule has 0 fully saturated rings. The van der Waals surface area contributed by atoms with E-state index in [-0.39, 0.29) is 10.2 Å². The van der Waals surface area contributed by atoms with Crippen LogP contribution in [0.5, 0.6) is 0 Å². The number of aryl methyl sites for hydroxylation is 2. The predicted molar refractivity (Wildman–Crippen MR) is 62.1 cm³/mol. The summed E-state index contributed by atoms with van der Waals surface area (Å²) >= 11 is 6.33. The van der Waals surface area contributed by atoms with Crippen molar-refractivity contribution in [1.29, 1.82) is 0 Å². The molecule has 2 aromatic heterocycles. The van der Waals surface area contributed by atoms with E-state index in [0.717, 1.165) is 17.8 Å². The summed E-state index contributed by atoms with van der Waals surface area (Å²) in [5.74, 6) is 0.596. The van der Waals surface area contributed by atoms with Crippen LogP contribution < -0.4 is 0 Å². The topological polar surface area (TPSA) is 51.8 Å². The molecule has 0 spiro atoms. The molecule has 0 aliphatic carbocycles. The lowest BCUT2D eigenvalue weighted by Gasteiger charge is -2.06. The van der Waals surface area contributed by atoms with Crippen molar-refractivity contribution in [3.8, 4) is 0 Å². The lowest BCUT2D eigenvalue weighted by molar-refractivity contribution is -0.141. The number of oxazole rings is 1. The molecular formula is C10H7ClF3N3OS. The average Bonchev–Trinajstić information content (AvgIpc) is 2.55. The van der Waals surface area contributed by atoms with Crippen LogP contribution in [0.3, 0.4) is 0 Å². The van der Waals surface area contributed by atoms with Crippen molar-refractivity contribution in [2.75, 3.05) is 0 Å². The van der Waals surface area contributed by atoms with E-state index in [1.807, 2.05) is 0 Å². The third-order valence-electron chi connectivity index (χ3n) is 2.17. The standard InChI is InChI=1S/C10H7ClF3N3OS/c1-4-5(2)18-9(15-4)19-7-3-6(10(12,13)14)16-8(11)17-7/h3H,1-2H3. The highest BCUT2D eigenvalue weighted by atomic mass is 35.5. The molecule has 0 bridgehead atoms. The monoisotopic (exact) mass is 309 g/mol. The summed E-state index contributed by atoms with van der Waals surface area (Å²) in [6, 6.07) is 0.797. The predicted octanol–water partition coefficient (Wildman–Crippen LogP) is 3.90. The van der Waals surface area contributed by atoms with Gasteiger partial charge in [0.2, 0.25) is 5.28 Å². The second-order valence-corrected chi connectivity index (χ2v) is 4.89. The molecule has 2 heterocycles. The Morgan fingerprint density at radius 2 is 1.89 bits per heavy atom. The molecule has 19 heavy (non-hydrogen) atoms. The van der Waals surface area contributed by atoms with E-state index in [1.165, 1.54) is 0 Å². The minimum Gasteiger partial charge on any atom is -0.436 e. The third-order valence-corrected chi connectivity index (χ3v) is 3.10. The van der Waals surface area contributed by atoms with Gasteiger partial charge >= 0.3 is 6.18 Å². The first-order valence-electron chi connectivity index (χ1n) is 4.99. The number of halogens is 4. The van der Waals surface area contributed by atoms with Crippen LogP contribution in [-0.4, -0.2) is 15.0 Å². The van der Waals surface area contributed by atoms with Gasteiger partial charge in [-0.2, -0.15) is 13.2 Å². The second-order valence-electron chi connectivity index (χ2n) is 3.58. The van der Waals surface area contributed by atoms with Crippen LogP contribution in [0.4, 0.5) is 13.2 Å². The Labute approximate surface area is 115 Å². The zero-order chi connectivity index (χ0) is 14.2. The highest BCUT2D eigenvalue weighted by Gasteiger charge is 2.33. The molecule has 0 aliphatic rings. The molecular weight excluding hydrogens is 303 g/mol. The van der Waals surface area contributed by atoms with E-state index in [1.54, 1.807) is 13.8 Å². The molecule has 0 saturated carbocycles. The van der Waals surface area contributed by atoms with E-state index in [0.29, 0.717) is 11.5 Å². The molecule has 0 aromatic carbocycles. The fraction of sp³-hybridized carbons (Fsp3) is 0.300. The number of alkyl halides is 3. The van der Waals surface area contributed by atoms with Gasteiger partial charge in [-0.05, 0) is 37.2 Å². The van der Waals surface area contributed by atoms with E-state index in [4.69, 9.17) is 16.0 Å². The summed E-state index contributed by atoms with van der Waals surface area (Å²) in [7, 11) is 0.